The molecule has 3 aromatic rings. The molecule has 0 saturated heterocycles. The van der Waals surface area contributed by atoms with Gasteiger partial charge in [-0.15, -0.1) is 11.8 Å². The summed E-state index contributed by atoms with van der Waals surface area (Å²) in [5.74, 6) is -0.00715. The van der Waals surface area contributed by atoms with Gasteiger partial charge in [-0.25, -0.2) is 9.59 Å². The maximum absolute atomic E-state index is 12.0. The standard InChI is InChI=1S/C21H17N3O3S/c1-13-18(20(25)27-2)19(24-21(26)23-13)28-12-14-7-9-15(10-8-14)17-6-4-3-5-16(17)11-22/h3-10H,12H2,1-2H3,(H,23,24,26). The Kier molecular flexibility index (Phi) is 5.92. The Morgan fingerprint density at radius 2 is 1.93 bits per heavy atom. The van der Waals surface area contributed by atoms with E-state index in [4.69, 9.17) is 4.74 Å². The molecule has 0 aliphatic heterocycles. The van der Waals surface area contributed by atoms with Crippen molar-refractivity contribution in [2.75, 3.05) is 7.11 Å². The molecular weight excluding hydrogens is 374 g/mol. The Morgan fingerprint density at radius 3 is 2.61 bits per heavy atom. The van der Waals surface area contributed by atoms with Gasteiger partial charge in [-0.05, 0) is 29.7 Å². The van der Waals surface area contributed by atoms with Crippen LogP contribution in [0, 0.1) is 18.3 Å². The first kappa shape index (κ1) is 19.4. The fourth-order valence-electron chi connectivity index (χ4n) is 2.77. The number of esters is 1. The van der Waals surface area contributed by atoms with Crippen LogP contribution >= 0.6 is 11.8 Å². The summed E-state index contributed by atoms with van der Waals surface area (Å²) in [4.78, 5) is 30.1. The van der Waals surface area contributed by atoms with Gasteiger partial charge in [-0.1, -0.05) is 42.5 Å². The van der Waals surface area contributed by atoms with Crippen molar-refractivity contribution >= 4 is 17.7 Å². The molecule has 140 valence electrons. The lowest BCUT2D eigenvalue weighted by Gasteiger charge is -2.09. The van der Waals surface area contributed by atoms with Crippen molar-refractivity contribution in [3.63, 3.8) is 0 Å². The maximum atomic E-state index is 12.0. The van der Waals surface area contributed by atoms with Crippen molar-refractivity contribution < 1.29 is 9.53 Å². The van der Waals surface area contributed by atoms with Gasteiger partial charge in [0.05, 0.1) is 18.7 Å². The number of aromatic nitrogens is 2. The van der Waals surface area contributed by atoms with E-state index in [0.717, 1.165) is 16.7 Å². The molecule has 7 heteroatoms. The van der Waals surface area contributed by atoms with Crippen LogP contribution in [0.15, 0.2) is 58.4 Å². The van der Waals surface area contributed by atoms with Crippen molar-refractivity contribution in [2.45, 2.75) is 17.7 Å². The first-order valence-corrected chi connectivity index (χ1v) is 9.42. The zero-order chi connectivity index (χ0) is 20.1. The van der Waals surface area contributed by atoms with Gasteiger partial charge >= 0.3 is 11.7 Å². The van der Waals surface area contributed by atoms with Crippen molar-refractivity contribution in [3.05, 3.63) is 81.4 Å². The lowest BCUT2D eigenvalue weighted by atomic mass is 10.00. The van der Waals surface area contributed by atoms with E-state index in [9.17, 15) is 14.9 Å². The molecule has 28 heavy (non-hydrogen) atoms. The minimum atomic E-state index is -0.535. The highest BCUT2D eigenvalue weighted by molar-refractivity contribution is 7.98. The van der Waals surface area contributed by atoms with Crippen LogP contribution in [0.5, 0.6) is 0 Å². The number of methoxy groups -OCH3 is 1. The molecule has 6 nitrogen and oxygen atoms in total. The number of nitrogens with one attached hydrogen (secondary N) is 1. The predicted molar refractivity (Wildman–Crippen MR) is 107 cm³/mol. The van der Waals surface area contributed by atoms with Gasteiger partial charge in [0, 0.05) is 11.4 Å². The van der Waals surface area contributed by atoms with E-state index in [2.05, 4.69) is 16.0 Å². The SMILES string of the molecule is COC(=O)c1c(SCc2ccc(-c3ccccc3C#N)cc2)nc(=O)[nH]c1C. The number of aromatic amines is 1. The summed E-state index contributed by atoms with van der Waals surface area (Å²) in [6, 6.07) is 17.4. The van der Waals surface area contributed by atoms with E-state index in [0.29, 0.717) is 22.0 Å². The van der Waals surface area contributed by atoms with Crippen molar-refractivity contribution in [1.29, 1.82) is 5.26 Å². The monoisotopic (exact) mass is 391 g/mol. The molecule has 3 rings (SSSR count). The number of hydrogen-bond acceptors (Lipinski definition) is 6. The average Bonchev–Trinajstić information content (AvgIpc) is 2.71. The summed E-state index contributed by atoms with van der Waals surface area (Å²) in [5, 5.41) is 9.59. The van der Waals surface area contributed by atoms with E-state index >= 15 is 0 Å². The number of ether oxygens (including phenoxy) is 1. The van der Waals surface area contributed by atoms with E-state index in [1.165, 1.54) is 18.9 Å². The molecular formula is C21H17N3O3S. The van der Waals surface area contributed by atoms with Crippen LogP contribution in [0.1, 0.15) is 27.2 Å². The maximum Gasteiger partial charge on any atom is 0.346 e. The Morgan fingerprint density at radius 1 is 1.21 bits per heavy atom. The van der Waals surface area contributed by atoms with Crippen molar-refractivity contribution in [1.82, 2.24) is 9.97 Å². The summed E-state index contributed by atoms with van der Waals surface area (Å²) in [7, 11) is 1.29. The van der Waals surface area contributed by atoms with E-state index in [1.807, 2.05) is 42.5 Å². The highest BCUT2D eigenvalue weighted by Crippen LogP contribution is 2.28. The second-order valence-corrected chi connectivity index (χ2v) is 6.95. The average molecular weight is 391 g/mol. The van der Waals surface area contributed by atoms with Gasteiger partial charge < -0.3 is 9.72 Å². The normalized spacial score (nSPS) is 10.3. The van der Waals surface area contributed by atoms with Gasteiger partial charge in [0.15, 0.2) is 0 Å². The molecule has 1 N–H and O–H groups in total. The first-order valence-electron chi connectivity index (χ1n) is 8.44. The second kappa shape index (κ2) is 8.55. The van der Waals surface area contributed by atoms with Crippen LogP contribution in [0.2, 0.25) is 0 Å². The lowest BCUT2D eigenvalue weighted by Crippen LogP contribution is -2.19. The smallest absolute Gasteiger partial charge is 0.346 e. The second-order valence-electron chi connectivity index (χ2n) is 5.98. The molecule has 1 heterocycles. The highest BCUT2D eigenvalue weighted by atomic mass is 32.2. The molecule has 0 unspecified atom stereocenters. The number of thioether (sulfide) groups is 1. The molecule has 0 radical (unpaired) electrons. The number of nitriles is 1. The molecule has 0 bridgehead atoms. The topological polar surface area (TPSA) is 95.8 Å². The van der Waals surface area contributed by atoms with Gasteiger partial charge in [0.25, 0.3) is 0 Å². The van der Waals surface area contributed by atoms with Crippen LogP contribution in [-0.4, -0.2) is 23.0 Å². The zero-order valence-corrected chi connectivity index (χ0v) is 16.2. The minimum absolute atomic E-state index is 0.270. The molecule has 0 atom stereocenters. The summed E-state index contributed by atoms with van der Waals surface area (Å²) in [6.07, 6.45) is 0. The number of benzene rings is 2. The number of hydrogen-bond donors (Lipinski definition) is 1. The van der Waals surface area contributed by atoms with E-state index in [1.54, 1.807) is 13.0 Å². The van der Waals surface area contributed by atoms with Gasteiger partial charge in [0.1, 0.15) is 10.6 Å². The molecule has 2 aromatic carbocycles. The molecule has 0 fully saturated rings. The third kappa shape index (κ3) is 4.13. The van der Waals surface area contributed by atoms with Crippen LogP contribution in [0.25, 0.3) is 11.1 Å². The number of carbonyl (C=O) groups excluding carboxylic acids is 1. The molecule has 0 aliphatic rings. The van der Waals surface area contributed by atoms with Gasteiger partial charge in [0.2, 0.25) is 0 Å². The largest absolute Gasteiger partial charge is 0.465 e. The Balaban J connectivity index is 1.82. The van der Waals surface area contributed by atoms with Crippen LogP contribution in [-0.2, 0) is 10.5 Å². The summed E-state index contributed by atoms with van der Waals surface area (Å²) >= 11 is 1.30. The third-order valence-corrected chi connectivity index (χ3v) is 5.21. The molecule has 0 spiro atoms. The van der Waals surface area contributed by atoms with Gasteiger partial charge in [-0.3, -0.25) is 0 Å². The third-order valence-electron chi connectivity index (χ3n) is 4.16. The van der Waals surface area contributed by atoms with Crippen LogP contribution < -0.4 is 5.69 Å². The molecule has 1 aromatic heterocycles. The minimum Gasteiger partial charge on any atom is -0.465 e. The predicted octanol–water partition coefficient (Wildman–Crippen LogP) is 3.70. The van der Waals surface area contributed by atoms with Crippen LogP contribution in [0.4, 0.5) is 0 Å². The Labute approximate surface area is 166 Å². The number of H-pyrrole nitrogens is 1. The fourth-order valence-corrected chi connectivity index (χ4v) is 3.79. The summed E-state index contributed by atoms with van der Waals surface area (Å²) in [5.41, 5.74) is 3.64. The number of aryl methyl sites for hydroxylation is 1. The summed E-state index contributed by atoms with van der Waals surface area (Å²) < 4.78 is 4.80. The Hall–Kier alpha value is -3.37. The lowest BCUT2D eigenvalue weighted by molar-refractivity contribution is 0.0594. The fraction of sp³-hybridized carbons (Fsp3) is 0.143. The number of rotatable bonds is 5. The molecule has 0 saturated carbocycles. The first-order chi connectivity index (χ1) is 13.5. The van der Waals surface area contributed by atoms with Crippen molar-refractivity contribution in [3.8, 4) is 17.2 Å². The van der Waals surface area contributed by atoms with Crippen molar-refractivity contribution in [2.24, 2.45) is 0 Å². The summed E-state index contributed by atoms with van der Waals surface area (Å²) in [6.45, 7) is 1.64. The van der Waals surface area contributed by atoms with Crippen LogP contribution in [0.3, 0.4) is 0 Å². The quantitative estimate of drug-likeness (QED) is 0.405. The number of nitrogens with zero attached hydrogens (tertiary/aromatic N) is 2. The number of carbonyl (C=O) groups is 1. The van der Waals surface area contributed by atoms with E-state index < -0.39 is 11.7 Å². The molecule has 0 amide bonds. The molecule has 0 aliphatic carbocycles. The van der Waals surface area contributed by atoms with Gasteiger partial charge in [-0.2, -0.15) is 10.2 Å². The Bertz CT molecular complexity index is 1110. The zero-order valence-electron chi connectivity index (χ0n) is 15.4. The van der Waals surface area contributed by atoms with E-state index in [-0.39, 0.29) is 5.56 Å². The highest BCUT2D eigenvalue weighted by Gasteiger charge is 2.18.